The van der Waals surface area contributed by atoms with Crippen molar-refractivity contribution in [2.75, 3.05) is 67.8 Å². The molecule has 3 radical (unpaired) electrons. The molecule has 0 spiro atoms. The zero-order valence-corrected chi connectivity index (χ0v) is 47.6. The molecular formula is C50H72FN10O13Pb. The fraction of sp³-hybridized carbons (Fsp3) is 0.460. The van der Waals surface area contributed by atoms with Crippen LogP contribution in [0.15, 0.2) is 41.9 Å². The fourth-order valence-electron chi connectivity index (χ4n) is 7.33. The number of aldehydes is 3. The number of halogens is 1. The molecule has 1 aliphatic carbocycles. The number of imide groups is 1. The minimum Gasteiger partial charge on any atom is -0.480 e. The molecule has 0 saturated carbocycles. The van der Waals surface area contributed by atoms with Crippen LogP contribution in [0.3, 0.4) is 0 Å². The normalized spacial score (nSPS) is 13.1. The number of primary amides is 1. The predicted octanol–water partition coefficient (Wildman–Crippen LogP) is 0.494. The van der Waals surface area contributed by atoms with E-state index in [4.69, 9.17) is 24.4 Å². The topological polar surface area (TPSA) is 343 Å². The number of nitrogens with two attached hydrogens (primary N) is 2. The van der Waals surface area contributed by atoms with E-state index in [1.54, 1.807) is 18.5 Å². The number of aromatic nitrogens is 2. The maximum atomic E-state index is 15.1. The number of likely N-dealkylation sites (N-methyl/N-ethyl adjacent to an activating group) is 1. The summed E-state index contributed by atoms with van der Waals surface area (Å²) in [4.78, 5) is 115. The van der Waals surface area contributed by atoms with Crippen molar-refractivity contribution >= 4 is 91.5 Å². The Morgan fingerprint density at radius 2 is 1.67 bits per heavy atom. The summed E-state index contributed by atoms with van der Waals surface area (Å²) < 4.78 is 28.6. The van der Waals surface area contributed by atoms with Crippen LogP contribution in [0.4, 0.5) is 4.39 Å². The fourth-order valence-corrected chi connectivity index (χ4v) is 8.02. The summed E-state index contributed by atoms with van der Waals surface area (Å²) >= 11 is 1.05. The van der Waals surface area contributed by atoms with Crippen LogP contribution in [-0.2, 0) is 72.2 Å². The number of pyridine rings is 2. The van der Waals surface area contributed by atoms with Crippen molar-refractivity contribution in [3.63, 3.8) is 0 Å². The van der Waals surface area contributed by atoms with Gasteiger partial charge in [-0.15, -0.1) is 0 Å². The third-order valence-corrected chi connectivity index (χ3v) is 12.1. The molecule has 6 rings (SSSR count). The standard InChI is InChI=1S/C32H36FN4O6.C6H5NO3.C4H7NO.C3H7NO2.C3H9N.CH3NO.CH5N.Pb/c1-5-7-27(39)34-16-43-15-28(40)35-24-9-8-19-17(3)23(33)11-25-29(19)30(24)21-12-37-26(31(21)36-25)10-20(18(6-2)13-38)22(14-42-4)32(37)41;8-4-3-7-5(9)1-2-6(7)10;1-2-5-3-4-6;1-4-2-3(5)6;1-3-4-2;2-1-3;1-2;/h10-11,13,18,24H,1,5-9,12,14-16H2,2-4H3,(H,34,39)(H,35,40);1-2,4H,3H2;2,4-5H,1,3H2;4H,2H2,1H3,(H,5,6);4H,3H2,1-2H3;1H,(H2,2,3);2H2,1H3;. The first-order valence-corrected chi connectivity index (χ1v) is 26.4. The summed E-state index contributed by atoms with van der Waals surface area (Å²) in [5.41, 5.74) is 14.0. The number of carbonyl (C=O) groups is 9. The number of carbonyl (C=O) groups excluding carboxylic acids is 8. The number of carboxylic acid groups (broad SMARTS) is 1. The average Bonchev–Trinajstić information content (AvgIpc) is 3.93. The van der Waals surface area contributed by atoms with Gasteiger partial charge in [-0.25, -0.2) is 9.37 Å². The van der Waals surface area contributed by atoms with E-state index >= 15 is 4.39 Å². The van der Waals surface area contributed by atoms with Gasteiger partial charge in [0.25, 0.3) is 17.4 Å². The second-order valence-corrected chi connectivity index (χ2v) is 17.5. The van der Waals surface area contributed by atoms with E-state index in [1.807, 2.05) is 20.0 Å². The van der Waals surface area contributed by atoms with Crippen molar-refractivity contribution in [3.8, 4) is 11.4 Å². The van der Waals surface area contributed by atoms with Gasteiger partial charge in [-0.05, 0) is 76.4 Å². The quantitative estimate of drug-likeness (QED) is 0.0185. The van der Waals surface area contributed by atoms with Gasteiger partial charge in [0.05, 0.1) is 49.7 Å². The molecule has 2 aromatic heterocycles. The predicted molar refractivity (Wildman–Crippen MR) is 281 cm³/mol. The van der Waals surface area contributed by atoms with Crippen molar-refractivity contribution in [2.45, 2.75) is 82.0 Å². The zero-order valence-electron chi connectivity index (χ0n) is 43.7. The number of amides is 5. The number of methoxy groups -OCH3 is 1. The van der Waals surface area contributed by atoms with Crippen LogP contribution in [0.1, 0.15) is 84.9 Å². The second kappa shape index (κ2) is 39.0. The van der Waals surface area contributed by atoms with Gasteiger partial charge >= 0.3 is 117 Å². The van der Waals surface area contributed by atoms with Gasteiger partial charge in [0.2, 0.25) is 6.41 Å². The van der Waals surface area contributed by atoms with Crippen LogP contribution in [0.5, 0.6) is 0 Å². The summed E-state index contributed by atoms with van der Waals surface area (Å²) in [7, 11) is 6.53. The first kappa shape index (κ1) is 68.5. The van der Waals surface area contributed by atoms with E-state index in [2.05, 4.69) is 51.6 Å². The molecule has 2 unspecified atom stereocenters. The van der Waals surface area contributed by atoms with Crippen LogP contribution in [0, 0.1) is 12.7 Å². The Morgan fingerprint density at radius 1 is 1.03 bits per heavy atom. The first-order valence-electron chi connectivity index (χ1n) is 23.6. The second-order valence-electron chi connectivity index (χ2n) is 15.6. The molecule has 5 amide bonds. The van der Waals surface area contributed by atoms with Gasteiger partial charge in [0.15, 0.2) is 0 Å². The molecule has 25 heteroatoms. The summed E-state index contributed by atoms with van der Waals surface area (Å²) in [5, 5.41) is 22.4. The number of rotatable bonds is 21. The Morgan fingerprint density at radius 3 is 2.15 bits per heavy atom. The summed E-state index contributed by atoms with van der Waals surface area (Å²) in [6, 6.07) is 2.82. The number of fused-ring (bicyclic) bond motifs is 4. The van der Waals surface area contributed by atoms with Gasteiger partial charge in [-0.1, -0.05) is 20.4 Å². The van der Waals surface area contributed by atoms with Crippen LogP contribution in [-0.4, -0.2) is 168 Å². The molecule has 23 nitrogen and oxygen atoms in total. The number of hydrogen-bond acceptors (Lipinski definition) is 17. The number of nitrogens with one attached hydrogen (secondary N) is 5. The van der Waals surface area contributed by atoms with Gasteiger partial charge in [0.1, 0.15) is 24.7 Å². The number of benzene rings is 1. The molecule has 10 N–H and O–H groups in total. The summed E-state index contributed by atoms with van der Waals surface area (Å²) in [6.45, 7) is 10.3. The number of aryl methyl sites for hydroxylation is 1. The van der Waals surface area contributed by atoms with Crippen molar-refractivity contribution in [3.05, 3.63) is 86.6 Å². The molecule has 411 valence electrons. The van der Waals surface area contributed by atoms with Crippen LogP contribution < -0.4 is 43.6 Å². The minimum absolute atomic E-state index is 0.0417. The molecular weight excluding hydrogens is 1170 g/mol. The molecule has 2 atom stereocenters. The number of carboxylic acids is 1. The Kier molecular flexibility index (Phi) is 35.7. The number of hydrogen-bond donors (Lipinski definition) is 8. The molecule has 75 heavy (non-hydrogen) atoms. The molecule has 4 heterocycles. The van der Waals surface area contributed by atoms with E-state index in [-0.39, 0.29) is 69.2 Å². The van der Waals surface area contributed by atoms with Crippen LogP contribution >= 0.6 is 0 Å². The van der Waals surface area contributed by atoms with E-state index in [9.17, 15) is 43.2 Å². The van der Waals surface area contributed by atoms with Crippen molar-refractivity contribution in [1.82, 2.24) is 41.0 Å². The maximum absolute atomic E-state index is 15.1. The monoisotopic (exact) mass is 1250 g/mol. The van der Waals surface area contributed by atoms with E-state index in [0.717, 1.165) is 94.4 Å². The van der Waals surface area contributed by atoms with E-state index in [0.29, 0.717) is 72.1 Å². The van der Waals surface area contributed by atoms with Gasteiger partial charge < -0.3 is 56.2 Å². The molecule has 0 bridgehead atoms. The van der Waals surface area contributed by atoms with Crippen molar-refractivity contribution in [1.29, 1.82) is 0 Å². The number of ether oxygens (including phenoxy) is 2. The Bertz CT molecular complexity index is 2460. The zero-order chi connectivity index (χ0) is 57.0. The molecule has 3 aliphatic rings. The Balaban J connectivity index is 0.00000143. The van der Waals surface area contributed by atoms with E-state index < -0.39 is 29.7 Å². The van der Waals surface area contributed by atoms with Gasteiger partial charge in [-0.3, -0.25) is 28.9 Å². The van der Waals surface area contributed by atoms with Crippen molar-refractivity contribution < 1.29 is 62.1 Å². The van der Waals surface area contributed by atoms with Crippen LogP contribution in [0.25, 0.3) is 22.3 Å². The van der Waals surface area contributed by atoms with Crippen molar-refractivity contribution in [2.24, 2.45) is 11.5 Å². The van der Waals surface area contributed by atoms with E-state index in [1.165, 1.54) is 26.4 Å². The molecule has 0 saturated heterocycles. The number of nitrogens with zero attached hydrogens (tertiary/aromatic N) is 3. The smallest absolute Gasteiger partial charge is 0.480 e. The Hall–Kier alpha value is -6.46. The first-order chi connectivity index (χ1) is 36.0. The summed E-state index contributed by atoms with van der Waals surface area (Å²) in [5.74, 6) is -2.96. The SMILES string of the molecule is C=CNCC=O.CCC(C=O)c1cc2n(c(=O)c1COC)Cc1c-2nc2cc(F)c(C)c3c2c1C(NC(=O)COCNC(=O)CC[CH2][Pb])CC3.CCNC.CN.CNCC(=O)O.NC=O.O=CCN1C(=O)C=CC1=O. The average molecular weight is 1250 g/mol. The van der Waals surface area contributed by atoms with Crippen LogP contribution in [0.2, 0.25) is 3.98 Å². The summed E-state index contributed by atoms with van der Waals surface area (Å²) in [6.07, 6.45) is 9.03. The minimum atomic E-state index is -0.822. The molecule has 2 aliphatic heterocycles. The van der Waals surface area contributed by atoms with Gasteiger partial charge in [-0.2, -0.15) is 0 Å². The third-order valence-electron chi connectivity index (χ3n) is 10.8. The van der Waals surface area contributed by atoms with Gasteiger partial charge in [0, 0.05) is 47.8 Å². The third kappa shape index (κ3) is 21.7. The molecule has 1 aromatic carbocycles. The number of aliphatic carboxylic acids is 1. The molecule has 0 fully saturated rings. The molecule has 3 aromatic rings. The Labute approximate surface area is 451 Å².